The maximum absolute atomic E-state index is 6.06. The van der Waals surface area contributed by atoms with Crippen LogP contribution in [0.2, 0.25) is 0 Å². The van der Waals surface area contributed by atoms with Crippen LogP contribution in [-0.4, -0.2) is 36.5 Å². The minimum absolute atomic E-state index is 0.333. The van der Waals surface area contributed by atoms with Crippen molar-refractivity contribution in [3.05, 3.63) is 0 Å². The zero-order valence-electron chi connectivity index (χ0n) is 7.02. The molecule has 1 heterocycles. The highest BCUT2D eigenvalue weighted by atomic mass is 15.2. The van der Waals surface area contributed by atoms with E-state index in [0.29, 0.717) is 0 Å². The highest BCUT2D eigenvalue weighted by Gasteiger charge is 2.09. The van der Waals surface area contributed by atoms with Crippen LogP contribution in [0.25, 0.3) is 0 Å². The first-order valence-electron chi connectivity index (χ1n) is 3.42. The summed E-state index contributed by atoms with van der Waals surface area (Å²) in [5.74, 6) is 0.958. The Morgan fingerprint density at radius 3 is 2.18 bits per heavy atom. The predicted octanol–water partition coefficient (Wildman–Crippen LogP) is -1.51. The van der Waals surface area contributed by atoms with Crippen molar-refractivity contribution in [3.8, 4) is 0 Å². The lowest BCUT2D eigenvalue weighted by Crippen LogP contribution is -2.20. The molecule has 0 aromatic heterocycles. The zero-order chi connectivity index (χ0) is 8.85. The lowest BCUT2D eigenvalue weighted by Gasteiger charge is -1.84. The van der Waals surface area contributed by atoms with E-state index in [-0.39, 0.29) is 5.96 Å². The molecule has 0 amide bonds. The molecule has 0 spiro atoms. The molecular formula is C6H16N5+. The number of hydrogen-bond acceptors (Lipinski definition) is 2. The molecule has 6 N–H and O–H groups in total. The molecule has 1 aliphatic heterocycles. The average Bonchev–Trinajstić information content (AvgIpc) is 2.15. The predicted molar refractivity (Wildman–Crippen MR) is 45.8 cm³/mol. The second-order valence-corrected chi connectivity index (χ2v) is 2.39. The van der Waals surface area contributed by atoms with Gasteiger partial charge in [0, 0.05) is 6.92 Å². The van der Waals surface area contributed by atoms with Crippen molar-refractivity contribution in [2.45, 2.75) is 6.92 Å². The van der Waals surface area contributed by atoms with Crippen molar-refractivity contribution in [1.82, 2.24) is 5.32 Å². The molecule has 0 radical (unpaired) electrons. The Labute approximate surface area is 66.6 Å². The van der Waals surface area contributed by atoms with E-state index in [1.165, 1.54) is 5.84 Å². The topological polar surface area (TPSA) is 90.9 Å². The number of guanidine groups is 1. The molecule has 5 heteroatoms. The quantitative estimate of drug-likeness (QED) is 0.196. The van der Waals surface area contributed by atoms with Crippen molar-refractivity contribution in [2.24, 2.45) is 11.5 Å². The molecule has 1 aliphatic rings. The summed E-state index contributed by atoms with van der Waals surface area (Å²) < 4.78 is 2.21. The molecule has 0 aromatic carbocycles. The van der Waals surface area contributed by atoms with Crippen molar-refractivity contribution in [2.75, 3.05) is 20.1 Å². The highest BCUT2D eigenvalue weighted by molar-refractivity contribution is 5.75. The number of amidine groups is 1. The van der Waals surface area contributed by atoms with Gasteiger partial charge in [-0.2, -0.15) is 0 Å². The lowest BCUT2D eigenvalue weighted by atomic mass is 10.7. The van der Waals surface area contributed by atoms with Gasteiger partial charge in [0.2, 0.25) is 5.84 Å². The van der Waals surface area contributed by atoms with Gasteiger partial charge in [-0.3, -0.25) is 15.3 Å². The molecule has 1 rings (SSSR count). The molecule has 0 unspecified atom stereocenters. The minimum atomic E-state index is -0.333. The molecule has 64 valence electrons. The minimum Gasteiger partial charge on any atom is -0.370 e. The number of nitrogens with two attached hydrogens (primary N) is 2. The first-order valence-corrected chi connectivity index (χ1v) is 3.42. The van der Waals surface area contributed by atoms with Gasteiger partial charge < -0.3 is 11.5 Å². The molecule has 0 saturated carbocycles. The van der Waals surface area contributed by atoms with Crippen molar-refractivity contribution < 1.29 is 4.58 Å². The normalized spacial score (nSPS) is 15.1. The van der Waals surface area contributed by atoms with E-state index < -0.39 is 0 Å². The van der Waals surface area contributed by atoms with Crippen molar-refractivity contribution >= 4 is 11.8 Å². The molecule has 0 saturated heterocycles. The second-order valence-electron chi connectivity index (χ2n) is 2.39. The van der Waals surface area contributed by atoms with Gasteiger partial charge in [-0.05, 0) is 0 Å². The molecule has 0 bridgehead atoms. The number of hydrogen-bond donors (Lipinski definition) is 4. The Bertz CT molecular complexity index is 156. The van der Waals surface area contributed by atoms with Gasteiger partial charge in [0.05, 0.1) is 7.05 Å². The Morgan fingerprint density at radius 1 is 1.64 bits per heavy atom. The first-order chi connectivity index (χ1) is 5.04. The van der Waals surface area contributed by atoms with Gasteiger partial charge in [0.15, 0.2) is 5.96 Å². The van der Waals surface area contributed by atoms with E-state index in [0.717, 1.165) is 13.1 Å². The largest absolute Gasteiger partial charge is 0.370 e. The molecule has 0 aliphatic carbocycles. The van der Waals surface area contributed by atoms with Crippen LogP contribution in [0.3, 0.4) is 0 Å². The van der Waals surface area contributed by atoms with E-state index in [1.807, 2.05) is 0 Å². The highest BCUT2D eigenvalue weighted by Crippen LogP contribution is 1.79. The fourth-order valence-electron chi connectivity index (χ4n) is 0.707. The van der Waals surface area contributed by atoms with Crippen LogP contribution in [0.1, 0.15) is 6.92 Å². The third-order valence-electron chi connectivity index (χ3n) is 1.40. The summed E-state index contributed by atoms with van der Waals surface area (Å²) in [6.07, 6.45) is 0. The summed E-state index contributed by atoms with van der Waals surface area (Å²) in [5, 5.41) is 9.27. The maximum atomic E-state index is 6.06. The first kappa shape index (κ1) is 9.74. The van der Waals surface area contributed by atoms with E-state index >= 15 is 0 Å². The van der Waals surface area contributed by atoms with Gasteiger partial charge in [0.25, 0.3) is 0 Å². The molecular weight excluding hydrogens is 142 g/mol. The summed E-state index contributed by atoms with van der Waals surface area (Å²) in [6, 6.07) is 0. The molecule has 11 heavy (non-hydrogen) atoms. The van der Waals surface area contributed by atoms with Gasteiger partial charge >= 0.3 is 0 Å². The van der Waals surface area contributed by atoms with Crippen LogP contribution < -0.4 is 16.8 Å². The molecule has 0 aromatic rings. The monoisotopic (exact) mass is 158 g/mol. The summed E-state index contributed by atoms with van der Waals surface area (Å²) in [5.41, 5.74) is 8.94. The summed E-state index contributed by atoms with van der Waals surface area (Å²) in [7, 11) is 2.09. The summed E-state index contributed by atoms with van der Waals surface area (Å²) in [4.78, 5) is 0. The summed E-state index contributed by atoms with van der Waals surface area (Å²) in [6.45, 7) is 4.36. The third kappa shape index (κ3) is 5.20. The van der Waals surface area contributed by atoms with E-state index in [9.17, 15) is 0 Å². The molecule has 5 nitrogen and oxygen atoms in total. The van der Waals surface area contributed by atoms with Crippen LogP contribution in [-0.2, 0) is 0 Å². The Kier molecular flexibility index (Phi) is 4.02. The number of rotatable bonds is 0. The number of likely N-dealkylation sites (N-methyl/N-ethyl adjacent to an activating group) is 1. The molecule has 0 fully saturated rings. The fraction of sp³-hybridized carbons (Fsp3) is 0.667. The number of nitrogens with one attached hydrogen (secondary N) is 2. The molecule has 0 atom stereocenters. The summed E-state index contributed by atoms with van der Waals surface area (Å²) >= 11 is 0. The van der Waals surface area contributed by atoms with E-state index in [4.69, 9.17) is 5.41 Å². The van der Waals surface area contributed by atoms with Crippen LogP contribution >= 0.6 is 0 Å². The Hall–Kier alpha value is -1.26. The van der Waals surface area contributed by atoms with Gasteiger partial charge in [-0.15, -0.1) is 0 Å². The zero-order valence-corrected chi connectivity index (χ0v) is 7.02. The van der Waals surface area contributed by atoms with E-state index in [1.54, 1.807) is 0 Å². The van der Waals surface area contributed by atoms with Crippen LogP contribution in [0, 0.1) is 5.41 Å². The van der Waals surface area contributed by atoms with Gasteiger partial charge in [-0.25, -0.2) is 0 Å². The van der Waals surface area contributed by atoms with Crippen LogP contribution in [0.5, 0.6) is 0 Å². The fourth-order valence-corrected chi connectivity index (χ4v) is 0.707. The van der Waals surface area contributed by atoms with Gasteiger partial charge in [0.1, 0.15) is 13.1 Å². The van der Waals surface area contributed by atoms with Crippen molar-refractivity contribution in [3.63, 3.8) is 0 Å². The Balaban J connectivity index is 0.000000218. The van der Waals surface area contributed by atoms with Crippen LogP contribution in [0.4, 0.5) is 0 Å². The van der Waals surface area contributed by atoms with Crippen molar-refractivity contribution in [1.29, 1.82) is 5.41 Å². The smallest absolute Gasteiger partial charge is 0.241 e. The van der Waals surface area contributed by atoms with Gasteiger partial charge in [-0.1, -0.05) is 0 Å². The SMILES string of the molecule is CC1=[N+](C)CCN1.N=C(N)N. The average molecular weight is 158 g/mol. The van der Waals surface area contributed by atoms with E-state index in [2.05, 4.69) is 35.3 Å². The number of nitrogens with zero attached hydrogens (tertiary/aromatic N) is 1. The third-order valence-corrected chi connectivity index (χ3v) is 1.40. The second kappa shape index (κ2) is 4.54. The standard InChI is InChI=1S/C5H10N2.CH5N3/c1-5-6-3-4-7(5)2;2-1(3)4/h3-4H2,1-2H3;(H5,2,3,4)/p+1. The Morgan fingerprint density at radius 2 is 2.09 bits per heavy atom. The maximum Gasteiger partial charge on any atom is 0.241 e. The lowest BCUT2D eigenvalue weighted by molar-refractivity contribution is -0.486. The van der Waals surface area contributed by atoms with Crippen LogP contribution in [0.15, 0.2) is 0 Å².